The summed E-state index contributed by atoms with van der Waals surface area (Å²) in [6.45, 7) is 2.85. The number of sulfonamides is 1. The Balaban J connectivity index is 2.32. The van der Waals surface area contributed by atoms with E-state index in [0.29, 0.717) is 18.0 Å². The Morgan fingerprint density at radius 1 is 1.44 bits per heavy atom. The SMILES string of the molecule is Cc1cc(S(=O)(=O)N2CCC[C@@H](N)C2)ccc1Br. The van der Waals surface area contributed by atoms with E-state index in [1.165, 1.54) is 4.31 Å². The second-order valence-corrected chi connectivity index (χ2v) is 7.47. The molecule has 18 heavy (non-hydrogen) atoms. The van der Waals surface area contributed by atoms with Crippen molar-refractivity contribution in [2.45, 2.75) is 30.7 Å². The Kier molecular flexibility index (Phi) is 4.11. The summed E-state index contributed by atoms with van der Waals surface area (Å²) in [5, 5.41) is 0. The van der Waals surface area contributed by atoms with Gasteiger partial charge in [0.2, 0.25) is 10.0 Å². The van der Waals surface area contributed by atoms with Crippen LogP contribution in [0.4, 0.5) is 0 Å². The van der Waals surface area contributed by atoms with Gasteiger partial charge in [-0.1, -0.05) is 15.9 Å². The quantitative estimate of drug-likeness (QED) is 0.899. The first-order chi connectivity index (χ1) is 8.41. The van der Waals surface area contributed by atoms with E-state index in [9.17, 15) is 8.42 Å². The summed E-state index contributed by atoms with van der Waals surface area (Å²) in [6.07, 6.45) is 1.72. The zero-order valence-electron chi connectivity index (χ0n) is 10.3. The van der Waals surface area contributed by atoms with Crippen molar-refractivity contribution >= 4 is 26.0 Å². The molecule has 0 aromatic heterocycles. The Morgan fingerprint density at radius 3 is 2.78 bits per heavy atom. The minimum atomic E-state index is -3.40. The molecule has 1 atom stereocenters. The van der Waals surface area contributed by atoms with Gasteiger partial charge in [0.05, 0.1) is 4.90 Å². The third-order valence-electron chi connectivity index (χ3n) is 3.19. The van der Waals surface area contributed by atoms with Gasteiger partial charge >= 0.3 is 0 Å². The van der Waals surface area contributed by atoms with E-state index in [4.69, 9.17) is 5.73 Å². The van der Waals surface area contributed by atoms with E-state index >= 15 is 0 Å². The molecule has 2 rings (SSSR count). The number of aryl methyl sites for hydroxylation is 1. The van der Waals surface area contributed by atoms with Crippen LogP contribution < -0.4 is 5.73 Å². The minimum Gasteiger partial charge on any atom is -0.327 e. The molecule has 0 unspecified atom stereocenters. The molecule has 1 aromatic rings. The molecule has 2 N–H and O–H groups in total. The molecule has 1 heterocycles. The fourth-order valence-corrected chi connectivity index (χ4v) is 3.99. The smallest absolute Gasteiger partial charge is 0.243 e. The van der Waals surface area contributed by atoms with Gasteiger partial charge in [0, 0.05) is 23.6 Å². The number of hydrogen-bond acceptors (Lipinski definition) is 3. The third-order valence-corrected chi connectivity index (χ3v) is 5.94. The molecule has 0 spiro atoms. The lowest BCUT2D eigenvalue weighted by atomic mass is 10.1. The number of nitrogens with two attached hydrogens (primary N) is 1. The average molecular weight is 333 g/mol. The largest absolute Gasteiger partial charge is 0.327 e. The van der Waals surface area contributed by atoms with Crippen molar-refractivity contribution in [3.8, 4) is 0 Å². The van der Waals surface area contributed by atoms with Crippen LogP contribution in [-0.4, -0.2) is 31.9 Å². The van der Waals surface area contributed by atoms with Crippen molar-refractivity contribution < 1.29 is 8.42 Å². The molecule has 6 heteroatoms. The first-order valence-corrected chi connectivity index (χ1v) is 8.16. The Labute approximate surface area is 116 Å². The average Bonchev–Trinajstić information content (AvgIpc) is 2.32. The van der Waals surface area contributed by atoms with Crippen LogP contribution in [0.1, 0.15) is 18.4 Å². The number of nitrogens with zero attached hydrogens (tertiary/aromatic N) is 1. The van der Waals surface area contributed by atoms with E-state index in [-0.39, 0.29) is 6.04 Å². The van der Waals surface area contributed by atoms with E-state index in [0.717, 1.165) is 22.9 Å². The number of rotatable bonds is 2. The summed E-state index contributed by atoms with van der Waals surface area (Å²) in [4.78, 5) is 0.345. The van der Waals surface area contributed by atoms with Crippen LogP contribution in [0.3, 0.4) is 0 Å². The maximum absolute atomic E-state index is 12.5. The predicted molar refractivity (Wildman–Crippen MR) is 74.8 cm³/mol. The molecule has 0 radical (unpaired) electrons. The highest BCUT2D eigenvalue weighted by Gasteiger charge is 2.28. The molecule has 100 valence electrons. The van der Waals surface area contributed by atoms with E-state index in [2.05, 4.69) is 15.9 Å². The third kappa shape index (κ3) is 2.77. The second-order valence-electron chi connectivity index (χ2n) is 4.68. The highest BCUT2D eigenvalue weighted by Crippen LogP contribution is 2.24. The summed E-state index contributed by atoms with van der Waals surface area (Å²) in [5.74, 6) is 0. The zero-order valence-corrected chi connectivity index (χ0v) is 12.7. The van der Waals surface area contributed by atoms with E-state index in [1.807, 2.05) is 6.92 Å². The first-order valence-electron chi connectivity index (χ1n) is 5.93. The van der Waals surface area contributed by atoms with Gasteiger partial charge in [0.1, 0.15) is 0 Å². The lowest BCUT2D eigenvalue weighted by Gasteiger charge is -2.29. The van der Waals surface area contributed by atoms with Crippen molar-refractivity contribution in [1.29, 1.82) is 0 Å². The maximum atomic E-state index is 12.5. The van der Waals surface area contributed by atoms with Gasteiger partial charge in [0.25, 0.3) is 0 Å². The lowest BCUT2D eigenvalue weighted by molar-refractivity contribution is 0.316. The van der Waals surface area contributed by atoms with Crippen molar-refractivity contribution in [2.24, 2.45) is 5.73 Å². The van der Waals surface area contributed by atoms with Crippen LogP contribution in [0.25, 0.3) is 0 Å². The van der Waals surface area contributed by atoms with Gasteiger partial charge in [-0.25, -0.2) is 8.42 Å². The van der Waals surface area contributed by atoms with Crippen LogP contribution >= 0.6 is 15.9 Å². The molecule has 1 aliphatic heterocycles. The highest BCUT2D eigenvalue weighted by molar-refractivity contribution is 9.10. The van der Waals surface area contributed by atoms with Gasteiger partial charge in [-0.15, -0.1) is 0 Å². The van der Waals surface area contributed by atoms with Gasteiger partial charge in [0.15, 0.2) is 0 Å². The molecule has 0 saturated carbocycles. The summed E-state index contributed by atoms with van der Waals surface area (Å²) < 4.78 is 27.3. The fourth-order valence-electron chi connectivity index (χ4n) is 2.12. The number of halogens is 1. The Hall–Kier alpha value is -0.430. The van der Waals surface area contributed by atoms with Crippen molar-refractivity contribution in [3.05, 3.63) is 28.2 Å². The van der Waals surface area contributed by atoms with Crippen molar-refractivity contribution in [1.82, 2.24) is 4.31 Å². The molecule has 1 fully saturated rings. The molecule has 1 aromatic carbocycles. The molecular weight excluding hydrogens is 316 g/mol. The van der Waals surface area contributed by atoms with E-state index in [1.54, 1.807) is 18.2 Å². The minimum absolute atomic E-state index is 0.0509. The number of piperidine rings is 1. The predicted octanol–water partition coefficient (Wildman–Crippen LogP) is 1.87. The van der Waals surface area contributed by atoms with Crippen LogP contribution in [0.15, 0.2) is 27.6 Å². The second kappa shape index (κ2) is 5.28. The molecule has 0 amide bonds. The molecule has 0 bridgehead atoms. The summed E-state index contributed by atoms with van der Waals surface area (Å²) in [6, 6.07) is 5.04. The van der Waals surface area contributed by atoms with E-state index < -0.39 is 10.0 Å². The van der Waals surface area contributed by atoms with Gasteiger partial charge < -0.3 is 5.73 Å². The van der Waals surface area contributed by atoms with Gasteiger partial charge in [-0.2, -0.15) is 4.31 Å². The number of hydrogen-bond donors (Lipinski definition) is 1. The van der Waals surface area contributed by atoms with Crippen LogP contribution in [0.2, 0.25) is 0 Å². The normalized spacial score (nSPS) is 22.1. The maximum Gasteiger partial charge on any atom is 0.243 e. The molecule has 0 aliphatic carbocycles. The number of benzene rings is 1. The fraction of sp³-hybridized carbons (Fsp3) is 0.500. The van der Waals surface area contributed by atoms with Crippen molar-refractivity contribution in [3.63, 3.8) is 0 Å². The van der Waals surface area contributed by atoms with Gasteiger partial charge in [-0.3, -0.25) is 0 Å². The van der Waals surface area contributed by atoms with Crippen LogP contribution in [0, 0.1) is 6.92 Å². The zero-order chi connectivity index (χ0) is 13.3. The van der Waals surface area contributed by atoms with Gasteiger partial charge in [-0.05, 0) is 43.5 Å². The molecular formula is C12H17BrN2O2S. The summed E-state index contributed by atoms with van der Waals surface area (Å²) in [7, 11) is -3.40. The van der Waals surface area contributed by atoms with Crippen LogP contribution in [-0.2, 0) is 10.0 Å². The monoisotopic (exact) mass is 332 g/mol. The summed E-state index contributed by atoms with van der Waals surface area (Å²) >= 11 is 3.37. The molecule has 4 nitrogen and oxygen atoms in total. The summed E-state index contributed by atoms with van der Waals surface area (Å²) in [5.41, 5.74) is 6.75. The standard InChI is InChI=1S/C12H17BrN2O2S/c1-9-7-11(4-5-12(9)13)18(16,17)15-6-2-3-10(14)8-15/h4-5,7,10H,2-3,6,8,14H2,1H3/t10-/m1/s1. The molecule has 1 aliphatic rings. The Morgan fingerprint density at radius 2 is 2.17 bits per heavy atom. The first kappa shape index (κ1) is 14.0. The lowest BCUT2D eigenvalue weighted by Crippen LogP contribution is -2.45. The van der Waals surface area contributed by atoms with Crippen molar-refractivity contribution in [2.75, 3.05) is 13.1 Å². The molecule has 1 saturated heterocycles. The van der Waals surface area contributed by atoms with Crippen LogP contribution in [0.5, 0.6) is 0 Å². The highest BCUT2D eigenvalue weighted by atomic mass is 79.9. The Bertz CT molecular complexity index is 545. The topological polar surface area (TPSA) is 63.4 Å².